The number of benzene rings is 3. The highest BCUT2D eigenvalue weighted by atomic mass is 16.6. The van der Waals surface area contributed by atoms with Gasteiger partial charge < -0.3 is 23.7 Å². The van der Waals surface area contributed by atoms with Gasteiger partial charge in [-0.15, -0.1) is 0 Å². The van der Waals surface area contributed by atoms with Crippen molar-refractivity contribution in [3.63, 3.8) is 0 Å². The molecule has 0 N–H and O–H groups in total. The van der Waals surface area contributed by atoms with Crippen molar-refractivity contribution in [2.45, 2.75) is 164 Å². The molecule has 0 radical (unpaired) electrons. The third-order valence-corrected chi connectivity index (χ3v) is 18.9. The Morgan fingerprint density at radius 1 is 0.514 bits per heavy atom. The fourth-order valence-corrected chi connectivity index (χ4v) is 15.1. The van der Waals surface area contributed by atoms with Crippen LogP contribution in [-0.2, 0) is 67.5 Å². The van der Waals surface area contributed by atoms with Crippen molar-refractivity contribution in [1.82, 2.24) is 0 Å². The molecule has 0 saturated heterocycles. The highest BCUT2D eigenvalue weighted by Gasteiger charge is 2.73. The quantitative estimate of drug-likeness (QED) is 0.0776. The van der Waals surface area contributed by atoms with Crippen molar-refractivity contribution in [1.29, 1.82) is 0 Å². The zero-order valence-electron chi connectivity index (χ0n) is 42.8. The number of hydrogen-bond donors (Lipinski definition) is 0. The first-order valence-electron chi connectivity index (χ1n) is 25.9. The van der Waals surface area contributed by atoms with Gasteiger partial charge in [0.25, 0.3) is 0 Å². The zero-order valence-corrected chi connectivity index (χ0v) is 42.8. The lowest BCUT2D eigenvalue weighted by Crippen LogP contribution is -2.68. The Hall–Kier alpha value is -5.25. The van der Waals surface area contributed by atoms with Crippen molar-refractivity contribution in [3.8, 4) is 0 Å². The smallest absolute Gasteiger partial charge is 0.313 e. The number of allylic oxidation sites excluding steroid dienone is 2. The van der Waals surface area contributed by atoms with Crippen LogP contribution in [0.4, 0.5) is 0 Å². The molecule has 4 fully saturated rings. The lowest BCUT2D eigenvalue weighted by atomic mass is 9.31. The Labute approximate surface area is 416 Å². The minimum Gasteiger partial charge on any atom is -0.465 e. The van der Waals surface area contributed by atoms with E-state index in [1.54, 1.807) is 0 Å². The Kier molecular flexibility index (Phi) is 14.7. The highest BCUT2D eigenvalue weighted by molar-refractivity contribution is 5.80. The van der Waals surface area contributed by atoms with Gasteiger partial charge in [0.15, 0.2) is 0 Å². The van der Waals surface area contributed by atoms with Crippen molar-refractivity contribution < 1.29 is 47.7 Å². The van der Waals surface area contributed by atoms with Gasteiger partial charge in [0.2, 0.25) is 0 Å². The molecule has 0 amide bonds. The summed E-state index contributed by atoms with van der Waals surface area (Å²) < 4.78 is 29.8. The van der Waals surface area contributed by atoms with E-state index in [0.717, 1.165) is 74.5 Å². The second-order valence-corrected chi connectivity index (χ2v) is 23.5. The number of esters is 5. The van der Waals surface area contributed by atoms with Gasteiger partial charge in [0.1, 0.15) is 32.5 Å². The molecule has 70 heavy (non-hydrogen) atoms. The summed E-state index contributed by atoms with van der Waals surface area (Å²) in [5, 5.41) is 0. The first-order chi connectivity index (χ1) is 33.3. The maximum Gasteiger partial charge on any atom is 0.313 e. The first-order valence-corrected chi connectivity index (χ1v) is 25.9. The largest absolute Gasteiger partial charge is 0.465 e. The van der Waals surface area contributed by atoms with Crippen molar-refractivity contribution >= 4 is 29.8 Å². The molecule has 5 aliphatic rings. The van der Waals surface area contributed by atoms with Crippen LogP contribution in [0, 0.1) is 49.7 Å². The minimum absolute atomic E-state index is 0.0162. The minimum atomic E-state index is -0.768. The van der Waals surface area contributed by atoms with Gasteiger partial charge in [-0.05, 0) is 114 Å². The van der Waals surface area contributed by atoms with Crippen LogP contribution in [0.1, 0.15) is 155 Å². The third kappa shape index (κ3) is 9.74. The molecule has 0 aliphatic heterocycles. The van der Waals surface area contributed by atoms with Crippen LogP contribution >= 0.6 is 0 Å². The number of fused-ring (bicyclic) bond motifs is 7. The molecule has 3 aromatic carbocycles. The average molecular weight is 957 g/mol. The molecule has 2 unspecified atom stereocenters. The van der Waals surface area contributed by atoms with E-state index in [-0.39, 0.29) is 91.6 Å². The number of ether oxygens (including phenoxy) is 5. The lowest BCUT2D eigenvalue weighted by molar-refractivity contribution is -0.231. The third-order valence-electron chi connectivity index (χ3n) is 18.9. The van der Waals surface area contributed by atoms with Crippen LogP contribution in [0.5, 0.6) is 0 Å². The van der Waals surface area contributed by atoms with Crippen LogP contribution in [-0.4, -0.2) is 42.6 Å². The van der Waals surface area contributed by atoms with Gasteiger partial charge in [-0.1, -0.05) is 151 Å². The summed E-state index contributed by atoms with van der Waals surface area (Å²) in [5.74, 6) is -1.74. The molecule has 9 atom stereocenters. The predicted molar refractivity (Wildman–Crippen MR) is 266 cm³/mol. The summed E-state index contributed by atoms with van der Waals surface area (Å²) in [6.07, 6.45) is 9.81. The maximum atomic E-state index is 14.8. The summed E-state index contributed by atoms with van der Waals surface area (Å²) >= 11 is 0. The Bertz CT molecular complexity index is 2410. The molecule has 4 saturated carbocycles. The molecular weight excluding hydrogens is 881 g/mol. The van der Waals surface area contributed by atoms with Gasteiger partial charge in [-0.3, -0.25) is 24.0 Å². The monoisotopic (exact) mass is 957 g/mol. The summed E-state index contributed by atoms with van der Waals surface area (Å²) in [6.45, 7) is 17.2. The van der Waals surface area contributed by atoms with Gasteiger partial charge in [-0.25, -0.2) is 0 Å². The summed E-state index contributed by atoms with van der Waals surface area (Å²) in [5.41, 5.74) is 1.90. The van der Waals surface area contributed by atoms with Crippen LogP contribution in [0.15, 0.2) is 103 Å². The molecule has 10 heteroatoms. The molecule has 376 valence electrons. The second-order valence-electron chi connectivity index (χ2n) is 23.5. The number of carbonyl (C=O) groups is 5. The summed E-state index contributed by atoms with van der Waals surface area (Å²) in [4.78, 5) is 67.5. The lowest BCUT2D eigenvalue weighted by Gasteiger charge is -2.73. The standard InChI is InChI=1S/C60H76O10/c1-54(2)33-35-60(53(65)68-39-44-21-15-10-16-22-44)36-34-58(6)47(59(60,7)40-54)24-23-46-55(3)31-30-48(70-52(64)28-27-50(62)67-38-43-19-13-9-14-20-43)56(4,45(55)29-32-57(46,58)5)41-69-51(63)26-25-49(61)66-37-42-17-11-8-12-18-42/h8-22,24,45-46,48H,23,25-41H2,1-7H3/t45?,46?,48-,55-,56-,57+,58+,59-,60+/m0/s1. The van der Waals surface area contributed by atoms with E-state index in [9.17, 15) is 24.0 Å². The molecular formula is C60H76O10. The van der Waals surface area contributed by atoms with Crippen molar-refractivity contribution in [2.75, 3.05) is 6.61 Å². The molecule has 0 heterocycles. The van der Waals surface area contributed by atoms with Gasteiger partial charge >= 0.3 is 29.8 Å². The molecule has 3 aromatic rings. The molecule has 0 spiro atoms. The Balaban J connectivity index is 1.02. The average Bonchev–Trinajstić information content (AvgIpc) is 3.34. The number of carbonyl (C=O) groups excluding carboxylic acids is 5. The highest BCUT2D eigenvalue weighted by Crippen LogP contribution is 2.78. The van der Waals surface area contributed by atoms with Crippen LogP contribution < -0.4 is 0 Å². The normalized spacial score (nSPS) is 32.8. The van der Waals surface area contributed by atoms with Crippen molar-refractivity contribution in [2.24, 2.45) is 49.7 Å². The van der Waals surface area contributed by atoms with Crippen molar-refractivity contribution in [3.05, 3.63) is 119 Å². The van der Waals surface area contributed by atoms with E-state index < -0.39 is 46.2 Å². The molecule has 8 rings (SSSR count). The fourth-order valence-electron chi connectivity index (χ4n) is 15.1. The van der Waals surface area contributed by atoms with Crippen LogP contribution in [0.25, 0.3) is 0 Å². The van der Waals surface area contributed by atoms with Crippen LogP contribution in [0.2, 0.25) is 0 Å². The van der Waals surface area contributed by atoms with E-state index in [2.05, 4.69) is 54.5 Å². The SMILES string of the molecule is CC1(C)CC[C@]2(C(=O)OCc3ccccc3)CC[C@]3(C)C(=CCC4[C@@]5(C)CC[C@H](OC(=O)CCC(=O)OCc6ccccc6)[C@@](C)(COC(=O)CCC(=O)OCc6ccccc6)C5CC[C@]43C)[C@]2(C)C1. The van der Waals surface area contributed by atoms with E-state index in [1.807, 2.05) is 91.0 Å². The van der Waals surface area contributed by atoms with Gasteiger partial charge in [-0.2, -0.15) is 0 Å². The molecule has 0 bridgehead atoms. The van der Waals surface area contributed by atoms with Gasteiger partial charge in [0.05, 0.1) is 31.1 Å². The van der Waals surface area contributed by atoms with Crippen LogP contribution in [0.3, 0.4) is 0 Å². The number of hydrogen-bond acceptors (Lipinski definition) is 10. The van der Waals surface area contributed by atoms with E-state index in [1.165, 1.54) is 5.57 Å². The number of rotatable bonds is 16. The fraction of sp³-hybridized carbons (Fsp3) is 0.583. The topological polar surface area (TPSA) is 132 Å². The second kappa shape index (κ2) is 20.1. The summed E-state index contributed by atoms with van der Waals surface area (Å²) in [7, 11) is 0. The van der Waals surface area contributed by atoms with E-state index in [4.69, 9.17) is 23.7 Å². The van der Waals surface area contributed by atoms with E-state index >= 15 is 0 Å². The molecule has 10 nitrogen and oxygen atoms in total. The van der Waals surface area contributed by atoms with Gasteiger partial charge in [0, 0.05) is 10.8 Å². The Morgan fingerprint density at radius 3 is 1.57 bits per heavy atom. The predicted octanol–water partition coefficient (Wildman–Crippen LogP) is 12.4. The van der Waals surface area contributed by atoms with E-state index in [0.29, 0.717) is 6.42 Å². The molecule has 0 aromatic heterocycles. The molecule has 5 aliphatic carbocycles. The first kappa shape index (κ1) is 51.1. The summed E-state index contributed by atoms with van der Waals surface area (Å²) in [6, 6.07) is 28.8. The maximum absolute atomic E-state index is 14.8. The zero-order chi connectivity index (χ0) is 50.0. The Morgan fingerprint density at radius 2 is 1.01 bits per heavy atom.